The van der Waals surface area contributed by atoms with E-state index in [2.05, 4.69) is 10.6 Å². The van der Waals surface area contributed by atoms with Gasteiger partial charge in [-0.05, 0) is 29.8 Å². The molecule has 1 aliphatic heterocycles. The van der Waals surface area contributed by atoms with E-state index in [0.29, 0.717) is 16.5 Å². The molecule has 29 heavy (non-hydrogen) atoms. The third-order valence-corrected chi connectivity index (χ3v) is 7.95. The second-order valence-electron chi connectivity index (χ2n) is 6.80. The Balaban J connectivity index is 1.62. The molecule has 6 nitrogen and oxygen atoms in total. The van der Waals surface area contributed by atoms with Crippen molar-refractivity contribution in [2.24, 2.45) is 5.92 Å². The Labute approximate surface area is 179 Å². The molecule has 2 N–H and O–H groups in total. The van der Waals surface area contributed by atoms with Crippen molar-refractivity contribution in [3.63, 3.8) is 0 Å². The third kappa shape index (κ3) is 5.52. The molecule has 0 aromatic heterocycles. The predicted octanol–water partition coefficient (Wildman–Crippen LogP) is 3.50. The van der Waals surface area contributed by atoms with E-state index in [1.807, 2.05) is 13.0 Å². The van der Waals surface area contributed by atoms with Crippen LogP contribution in [0.1, 0.15) is 18.9 Å². The van der Waals surface area contributed by atoms with Gasteiger partial charge in [-0.15, -0.1) is 11.8 Å². The van der Waals surface area contributed by atoms with Crippen molar-refractivity contribution < 1.29 is 18.0 Å². The largest absolute Gasteiger partial charge is 0.352 e. The van der Waals surface area contributed by atoms with Gasteiger partial charge in [-0.1, -0.05) is 36.7 Å². The second-order valence-corrected chi connectivity index (χ2v) is 10.4. The number of sulfone groups is 1. The van der Waals surface area contributed by atoms with Crippen molar-refractivity contribution in [2.75, 3.05) is 16.8 Å². The molecule has 0 saturated heterocycles. The van der Waals surface area contributed by atoms with Crippen LogP contribution in [0.2, 0.25) is 5.02 Å². The standard InChI is InChI=1S/C20H21ClN2O4S2/c1-13-12-28-18-7-6-15(10-17(18)23-20(13)25)29(26,27)9-8-19(24)22-11-14-4-2-3-5-16(14)21/h2-7,10,13H,8-9,11-12H2,1H3,(H,22,24)(H,23,25)/t13-/m0/s1. The summed E-state index contributed by atoms with van der Waals surface area (Å²) in [6.45, 7) is 2.06. The summed E-state index contributed by atoms with van der Waals surface area (Å²) >= 11 is 7.56. The molecule has 1 atom stereocenters. The van der Waals surface area contributed by atoms with Gasteiger partial charge in [0.2, 0.25) is 11.8 Å². The van der Waals surface area contributed by atoms with E-state index in [0.717, 1.165) is 10.5 Å². The summed E-state index contributed by atoms with van der Waals surface area (Å²) in [4.78, 5) is 25.0. The van der Waals surface area contributed by atoms with E-state index in [4.69, 9.17) is 11.6 Å². The summed E-state index contributed by atoms with van der Waals surface area (Å²) in [5, 5.41) is 6.00. The number of carbonyl (C=O) groups is 2. The maximum atomic E-state index is 12.7. The fourth-order valence-electron chi connectivity index (χ4n) is 2.74. The van der Waals surface area contributed by atoms with Gasteiger partial charge in [-0.3, -0.25) is 9.59 Å². The number of halogens is 1. The van der Waals surface area contributed by atoms with Gasteiger partial charge in [0.25, 0.3) is 0 Å². The molecular weight excluding hydrogens is 432 g/mol. The molecule has 9 heteroatoms. The van der Waals surface area contributed by atoms with Crippen LogP contribution in [0.5, 0.6) is 0 Å². The number of rotatable bonds is 6. The normalized spacial score (nSPS) is 16.5. The lowest BCUT2D eigenvalue weighted by molar-refractivity contribution is -0.121. The summed E-state index contributed by atoms with van der Waals surface area (Å²) in [6.07, 6.45) is -0.165. The maximum Gasteiger partial charge on any atom is 0.228 e. The highest BCUT2D eigenvalue weighted by molar-refractivity contribution is 7.99. The molecule has 2 aromatic rings. The molecule has 0 aliphatic carbocycles. The van der Waals surface area contributed by atoms with E-state index in [9.17, 15) is 18.0 Å². The van der Waals surface area contributed by atoms with Crippen molar-refractivity contribution in [1.29, 1.82) is 0 Å². The Bertz CT molecular complexity index is 1040. The third-order valence-electron chi connectivity index (χ3n) is 4.54. The molecule has 2 aromatic carbocycles. The molecule has 0 saturated carbocycles. The van der Waals surface area contributed by atoms with Crippen molar-refractivity contribution in [1.82, 2.24) is 5.32 Å². The highest BCUT2D eigenvalue weighted by Crippen LogP contribution is 2.34. The Morgan fingerprint density at radius 3 is 2.79 bits per heavy atom. The van der Waals surface area contributed by atoms with Crippen LogP contribution in [0.4, 0.5) is 5.69 Å². The molecule has 0 spiro atoms. The zero-order chi connectivity index (χ0) is 21.0. The van der Waals surface area contributed by atoms with E-state index >= 15 is 0 Å². The van der Waals surface area contributed by atoms with Crippen molar-refractivity contribution in [3.05, 3.63) is 53.1 Å². The van der Waals surface area contributed by atoms with Crippen LogP contribution in [0.25, 0.3) is 0 Å². The van der Waals surface area contributed by atoms with Gasteiger partial charge in [0, 0.05) is 34.6 Å². The lowest BCUT2D eigenvalue weighted by atomic mass is 10.2. The zero-order valence-corrected chi connectivity index (χ0v) is 18.2. The minimum Gasteiger partial charge on any atom is -0.352 e. The van der Waals surface area contributed by atoms with Crippen LogP contribution in [-0.4, -0.2) is 31.7 Å². The number of nitrogens with one attached hydrogen (secondary N) is 2. The zero-order valence-electron chi connectivity index (χ0n) is 15.8. The Morgan fingerprint density at radius 2 is 2.03 bits per heavy atom. The van der Waals surface area contributed by atoms with Crippen LogP contribution in [-0.2, 0) is 26.0 Å². The lowest BCUT2D eigenvalue weighted by Crippen LogP contribution is -2.25. The molecule has 1 heterocycles. The first kappa shape index (κ1) is 21.7. The van der Waals surface area contributed by atoms with Crippen LogP contribution in [0.3, 0.4) is 0 Å². The molecule has 3 rings (SSSR count). The SMILES string of the molecule is C[C@H]1CSc2ccc(S(=O)(=O)CCC(=O)NCc3ccccc3Cl)cc2NC1=O. The average Bonchev–Trinajstić information content (AvgIpc) is 2.84. The monoisotopic (exact) mass is 452 g/mol. The summed E-state index contributed by atoms with van der Waals surface area (Å²) in [5.74, 6) is -0.353. The van der Waals surface area contributed by atoms with Crippen LogP contribution < -0.4 is 10.6 Å². The van der Waals surface area contributed by atoms with Gasteiger partial charge in [0.1, 0.15) is 0 Å². The van der Waals surface area contributed by atoms with Gasteiger partial charge in [0.15, 0.2) is 9.84 Å². The molecule has 0 radical (unpaired) electrons. The summed E-state index contributed by atoms with van der Waals surface area (Å²) in [5.41, 5.74) is 1.26. The summed E-state index contributed by atoms with van der Waals surface area (Å²) in [7, 11) is -3.67. The first-order valence-corrected chi connectivity index (χ1v) is 12.1. The van der Waals surface area contributed by atoms with Crippen molar-refractivity contribution in [3.8, 4) is 0 Å². The van der Waals surface area contributed by atoms with Crippen LogP contribution >= 0.6 is 23.4 Å². The van der Waals surface area contributed by atoms with E-state index in [1.165, 1.54) is 23.9 Å². The number of thioether (sulfide) groups is 1. The minimum atomic E-state index is -3.67. The molecule has 154 valence electrons. The van der Waals surface area contributed by atoms with Gasteiger partial charge >= 0.3 is 0 Å². The number of fused-ring (bicyclic) bond motifs is 1. The number of hydrogen-bond donors (Lipinski definition) is 2. The minimum absolute atomic E-state index is 0.0885. The smallest absolute Gasteiger partial charge is 0.228 e. The molecule has 1 aliphatic rings. The number of benzene rings is 2. The molecule has 0 fully saturated rings. The fraction of sp³-hybridized carbons (Fsp3) is 0.300. The van der Waals surface area contributed by atoms with Gasteiger partial charge in [-0.2, -0.15) is 0 Å². The van der Waals surface area contributed by atoms with Gasteiger partial charge in [0.05, 0.1) is 16.3 Å². The van der Waals surface area contributed by atoms with Gasteiger partial charge in [-0.25, -0.2) is 8.42 Å². The summed E-state index contributed by atoms with van der Waals surface area (Å²) in [6, 6.07) is 11.8. The number of carbonyl (C=O) groups excluding carboxylic acids is 2. The van der Waals surface area contributed by atoms with E-state index < -0.39 is 9.84 Å². The number of amides is 2. The van der Waals surface area contributed by atoms with Crippen molar-refractivity contribution >= 4 is 50.7 Å². The first-order chi connectivity index (χ1) is 13.8. The predicted molar refractivity (Wildman–Crippen MR) is 115 cm³/mol. The van der Waals surface area contributed by atoms with Crippen LogP contribution in [0.15, 0.2) is 52.3 Å². The molecule has 2 amide bonds. The van der Waals surface area contributed by atoms with E-state index in [-0.39, 0.29) is 41.3 Å². The van der Waals surface area contributed by atoms with Crippen molar-refractivity contribution in [2.45, 2.75) is 29.7 Å². The number of hydrogen-bond acceptors (Lipinski definition) is 5. The summed E-state index contributed by atoms with van der Waals surface area (Å²) < 4.78 is 25.3. The van der Waals surface area contributed by atoms with Gasteiger partial charge < -0.3 is 10.6 Å². The molecule has 0 unspecified atom stereocenters. The lowest BCUT2D eigenvalue weighted by Gasteiger charge is -2.11. The second kappa shape index (κ2) is 9.19. The maximum absolute atomic E-state index is 12.7. The molecule has 0 bridgehead atoms. The Kier molecular flexibility index (Phi) is 6.87. The molecular formula is C20H21ClN2O4S2. The fourth-order valence-corrected chi connectivity index (χ4v) is 5.22. The average molecular weight is 453 g/mol. The topological polar surface area (TPSA) is 92.3 Å². The Morgan fingerprint density at radius 1 is 1.28 bits per heavy atom. The highest BCUT2D eigenvalue weighted by Gasteiger charge is 2.23. The first-order valence-electron chi connectivity index (χ1n) is 9.07. The Hall–Kier alpha value is -2.03. The van der Waals surface area contributed by atoms with Crippen LogP contribution in [0, 0.1) is 5.92 Å². The highest BCUT2D eigenvalue weighted by atomic mass is 35.5. The number of anilines is 1. The quantitative estimate of drug-likeness (QED) is 0.699. The van der Waals surface area contributed by atoms with E-state index in [1.54, 1.807) is 24.3 Å².